The van der Waals surface area contributed by atoms with Crippen molar-refractivity contribution >= 4 is 33.7 Å². The van der Waals surface area contributed by atoms with Crippen LogP contribution in [0.2, 0.25) is 0 Å². The smallest absolute Gasteiger partial charge is 0.320 e. The van der Waals surface area contributed by atoms with Crippen LogP contribution in [0.4, 0.5) is 11.7 Å². The molecule has 0 spiro atoms. The van der Waals surface area contributed by atoms with E-state index in [1.807, 2.05) is 0 Å². The minimum absolute atomic E-state index is 0.0991. The van der Waals surface area contributed by atoms with Gasteiger partial charge < -0.3 is 24.4 Å². The highest BCUT2D eigenvalue weighted by atomic mass is 32.2. The number of anilines is 2. The number of hydrogen-bond donors (Lipinski definition) is 4. The van der Waals surface area contributed by atoms with Gasteiger partial charge in [-0.05, 0) is 36.4 Å². The van der Waals surface area contributed by atoms with Gasteiger partial charge in [0.15, 0.2) is 5.92 Å². The zero-order chi connectivity index (χ0) is 21.0. The van der Waals surface area contributed by atoms with E-state index in [1.165, 1.54) is 55.1 Å². The Morgan fingerprint density at radius 3 is 2.21 bits per heavy atom. The van der Waals surface area contributed by atoms with Crippen molar-refractivity contribution in [3.8, 4) is 0 Å². The minimum Gasteiger partial charge on any atom is -0.481 e. The third-order valence-electron chi connectivity index (χ3n) is 3.86. The Balaban J connectivity index is 1.84. The summed E-state index contributed by atoms with van der Waals surface area (Å²) < 4.78 is 36.8. The van der Waals surface area contributed by atoms with Crippen molar-refractivity contribution in [2.45, 2.75) is 10.9 Å². The number of hydrogen-bond acceptors (Lipinski definition) is 8. The maximum Gasteiger partial charge on any atom is 0.320 e. The molecular weight excluding hydrogens is 406 g/mol. The van der Waals surface area contributed by atoms with Crippen LogP contribution in [0.5, 0.6) is 0 Å². The Morgan fingerprint density at radius 2 is 1.69 bits per heavy atom. The summed E-state index contributed by atoms with van der Waals surface area (Å²) >= 11 is 0. The van der Waals surface area contributed by atoms with E-state index in [9.17, 15) is 28.2 Å². The first kappa shape index (κ1) is 19.9. The molecule has 2 aromatic heterocycles. The molecule has 11 nitrogen and oxygen atoms in total. The maximum absolute atomic E-state index is 12.3. The van der Waals surface area contributed by atoms with Gasteiger partial charge in [-0.25, -0.2) is 18.1 Å². The van der Waals surface area contributed by atoms with Crippen LogP contribution >= 0.6 is 0 Å². The molecule has 0 aliphatic carbocycles. The first-order chi connectivity index (χ1) is 13.8. The molecule has 0 aliphatic heterocycles. The van der Waals surface area contributed by atoms with Crippen LogP contribution in [-0.2, 0) is 19.6 Å². The lowest BCUT2D eigenvalue weighted by molar-refractivity contribution is -0.155. The van der Waals surface area contributed by atoms with Crippen molar-refractivity contribution in [2.75, 3.05) is 10.0 Å². The number of rotatable bonds is 9. The molecule has 0 fully saturated rings. The molecule has 12 heteroatoms. The van der Waals surface area contributed by atoms with Crippen LogP contribution in [0, 0.1) is 5.92 Å². The van der Waals surface area contributed by atoms with Gasteiger partial charge in [-0.1, -0.05) is 0 Å². The minimum atomic E-state index is -3.96. The van der Waals surface area contributed by atoms with Crippen molar-refractivity contribution in [3.05, 3.63) is 60.9 Å². The monoisotopic (exact) mass is 421 g/mol. The van der Waals surface area contributed by atoms with Crippen LogP contribution in [0.15, 0.2) is 68.9 Å². The number of aliphatic carboxylic acids is 2. The number of aromatic nitrogens is 1. The average Bonchev–Trinajstić information content (AvgIpc) is 3.34. The number of carboxylic acids is 2. The van der Waals surface area contributed by atoms with Gasteiger partial charge in [0.05, 0.1) is 17.4 Å². The van der Waals surface area contributed by atoms with Crippen LogP contribution in [0.25, 0.3) is 0 Å². The number of benzene rings is 1. The first-order valence-corrected chi connectivity index (χ1v) is 9.54. The van der Waals surface area contributed by atoms with Gasteiger partial charge in [0.1, 0.15) is 18.1 Å². The Labute approximate surface area is 164 Å². The van der Waals surface area contributed by atoms with E-state index in [4.69, 9.17) is 8.83 Å². The third kappa shape index (κ3) is 4.55. The van der Waals surface area contributed by atoms with E-state index >= 15 is 0 Å². The Kier molecular flexibility index (Phi) is 5.54. The van der Waals surface area contributed by atoms with E-state index in [0.29, 0.717) is 0 Å². The molecule has 1 atom stereocenters. The van der Waals surface area contributed by atoms with Crippen molar-refractivity contribution in [2.24, 2.45) is 5.92 Å². The molecular formula is C17H15N3O8S. The molecule has 0 bridgehead atoms. The largest absolute Gasteiger partial charge is 0.481 e. The number of oxazole rings is 1. The summed E-state index contributed by atoms with van der Waals surface area (Å²) in [5.74, 6) is -4.85. The molecule has 3 aromatic rings. The van der Waals surface area contributed by atoms with Gasteiger partial charge in [0.25, 0.3) is 10.0 Å². The molecule has 0 amide bonds. The van der Waals surface area contributed by atoms with Crippen molar-refractivity contribution < 1.29 is 37.1 Å². The molecule has 4 N–H and O–H groups in total. The lowest BCUT2D eigenvalue weighted by Gasteiger charge is -2.21. The number of sulfonamides is 1. The van der Waals surface area contributed by atoms with Crippen molar-refractivity contribution in [3.63, 3.8) is 0 Å². The molecule has 1 aromatic carbocycles. The second-order valence-corrected chi connectivity index (χ2v) is 7.44. The van der Waals surface area contributed by atoms with Gasteiger partial charge >= 0.3 is 18.0 Å². The fourth-order valence-electron chi connectivity index (χ4n) is 2.54. The number of carbonyl (C=O) groups is 2. The summed E-state index contributed by atoms with van der Waals surface area (Å²) in [7, 11) is -3.96. The summed E-state index contributed by atoms with van der Waals surface area (Å²) in [6.45, 7) is 0. The molecule has 0 saturated heterocycles. The SMILES string of the molecule is O=C(O)C(C(=O)O)C(Nc1ccc(S(=O)(=O)Nc2ncco2)cc1)c1ccco1. The van der Waals surface area contributed by atoms with Gasteiger partial charge in [-0.2, -0.15) is 0 Å². The average molecular weight is 421 g/mol. The summed E-state index contributed by atoms with van der Waals surface area (Å²) in [6.07, 6.45) is 3.77. The van der Waals surface area contributed by atoms with E-state index in [0.717, 1.165) is 0 Å². The van der Waals surface area contributed by atoms with E-state index in [-0.39, 0.29) is 22.4 Å². The standard InChI is InChI=1S/C17H15N3O8S/c21-15(22)13(16(23)24)14(12-2-1-8-27-12)19-10-3-5-11(6-4-10)29(25,26)20-17-18-7-9-28-17/h1-9,13-14,19H,(H,18,20)(H,21,22)(H,23,24). The normalized spacial score (nSPS) is 12.4. The second kappa shape index (κ2) is 8.06. The maximum atomic E-state index is 12.3. The van der Waals surface area contributed by atoms with Gasteiger partial charge in [-0.3, -0.25) is 9.59 Å². The van der Waals surface area contributed by atoms with Gasteiger partial charge in [-0.15, -0.1) is 0 Å². The molecule has 29 heavy (non-hydrogen) atoms. The zero-order valence-electron chi connectivity index (χ0n) is 14.6. The van der Waals surface area contributed by atoms with Crippen LogP contribution in [-0.4, -0.2) is 35.6 Å². The Bertz CT molecular complexity index is 1060. The zero-order valence-corrected chi connectivity index (χ0v) is 15.4. The summed E-state index contributed by atoms with van der Waals surface area (Å²) in [5, 5.41) is 21.4. The van der Waals surface area contributed by atoms with Crippen LogP contribution < -0.4 is 10.0 Å². The molecule has 0 saturated carbocycles. The molecule has 152 valence electrons. The van der Waals surface area contributed by atoms with Crippen LogP contribution in [0.1, 0.15) is 11.8 Å². The van der Waals surface area contributed by atoms with Gasteiger partial charge in [0, 0.05) is 5.69 Å². The number of furan rings is 1. The molecule has 1 unspecified atom stereocenters. The van der Waals surface area contributed by atoms with Crippen LogP contribution in [0.3, 0.4) is 0 Å². The third-order valence-corrected chi connectivity index (χ3v) is 5.19. The summed E-state index contributed by atoms with van der Waals surface area (Å²) in [4.78, 5) is 26.4. The second-order valence-electron chi connectivity index (χ2n) is 5.76. The Morgan fingerprint density at radius 1 is 1.00 bits per heavy atom. The van der Waals surface area contributed by atoms with Crippen molar-refractivity contribution in [1.29, 1.82) is 0 Å². The molecule has 0 aliphatic rings. The Hall–Kier alpha value is -3.80. The number of nitrogens with one attached hydrogen (secondary N) is 2. The molecule has 3 rings (SSSR count). The highest BCUT2D eigenvalue weighted by Crippen LogP contribution is 2.29. The predicted octanol–water partition coefficient (Wildman–Crippen LogP) is 2.01. The molecule has 2 heterocycles. The predicted molar refractivity (Wildman–Crippen MR) is 97.6 cm³/mol. The topological polar surface area (TPSA) is 172 Å². The van der Waals surface area contributed by atoms with E-state index in [2.05, 4.69) is 15.0 Å². The number of nitrogens with zero attached hydrogens (tertiary/aromatic N) is 1. The summed E-state index contributed by atoms with van der Waals surface area (Å²) in [5.41, 5.74) is 0.286. The van der Waals surface area contributed by atoms with E-state index in [1.54, 1.807) is 0 Å². The first-order valence-electron chi connectivity index (χ1n) is 8.06. The lowest BCUT2D eigenvalue weighted by atomic mass is 9.97. The highest BCUT2D eigenvalue weighted by molar-refractivity contribution is 7.92. The van der Waals surface area contributed by atoms with Crippen molar-refractivity contribution in [1.82, 2.24) is 4.98 Å². The quantitative estimate of drug-likeness (QED) is 0.374. The fraction of sp³-hybridized carbons (Fsp3) is 0.118. The fourth-order valence-corrected chi connectivity index (χ4v) is 3.48. The number of carboxylic acid groups (broad SMARTS) is 2. The highest BCUT2D eigenvalue weighted by Gasteiger charge is 2.37. The van der Waals surface area contributed by atoms with Gasteiger partial charge in [0.2, 0.25) is 0 Å². The molecule has 0 radical (unpaired) electrons. The van der Waals surface area contributed by atoms with E-state index < -0.39 is 33.9 Å². The lowest BCUT2D eigenvalue weighted by Crippen LogP contribution is -2.33. The summed E-state index contributed by atoms with van der Waals surface area (Å²) in [6, 6.07) is 6.74.